The predicted octanol–water partition coefficient (Wildman–Crippen LogP) is 1.28. The van der Waals surface area contributed by atoms with Crippen molar-refractivity contribution in [1.82, 2.24) is 20.3 Å². The molecule has 8 nitrogen and oxygen atoms in total. The van der Waals surface area contributed by atoms with Gasteiger partial charge in [-0.05, 0) is 24.1 Å². The molecule has 2 atom stereocenters. The summed E-state index contributed by atoms with van der Waals surface area (Å²) in [6.07, 6.45) is 1.44. The van der Waals surface area contributed by atoms with E-state index in [1.807, 2.05) is 0 Å². The zero-order chi connectivity index (χ0) is 18.0. The van der Waals surface area contributed by atoms with Gasteiger partial charge < -0.3 is 14.7 Å². The number of halogens is 1. The number of hydrogen-bond donors (Lipinski definition) is 2. The third-order valence-corrected chi connectivity index (χ3v) is 4.38. The molecule has 0 radical (unpaired) electrons. The van der Waals surface area contributed by atoms with Crippen LogP contribution in [0.5, 0.6) is 5.75 Å². The molecule has 2 aromatic rings. The standard InChI is InChI=1S/C16H17FN4O4/c1-25-14-3-2-9(4-12(14)17)16(24)21-7-10(5-15(22)23)11(8-21)13-6-18-20-19-13/h2-4,6,10-11H,5,7-8H2,1H3,(H,22,23)(H,18,19,20)/t10-,11+/m1/s1. The zero-order valence-corrected chi connectivity index (χ0v) is 13.5. The summed E-state index contributed by atoms with van der Waals surface area (Å²) >= 11 is 0. The Bertz CT molecular complexity index is 780. The summed E-state index contributed by atoms with van der Waals surface area (Å²) in [5, 5.41) is 19.4. The summed E-state index contributed by atoms with van der Waals surface area (Å²) in [7, 11) is 1.35. The van der Waals surface area contributed by atoms with Gasteiger partial charge in [-0.25, -0.2) is 4.39 Å². The molecule has 1 aromatic carbocycles. The molecule has 0 unspecified atom stereocenters. The molecule has 1 saturated heterocycles. The lowest BCUT2D eigenvalue weighted by Gasteiger charge is -2.16. The highest BCUT2D eigenvalue weighted by Gasteiger charge is 2.39. The summed E-state index contributed by atoms with van der Waals surface area (Å²) < 4.78 is 18.7. The monoisotopic (exact) mass is 348 g/mol. The molecule has 2 N–H and O–H groups in total. The number of ether oxygens (including phenoxy) is 1. The number of benzene rings is 1. The van der Waals surface area contributed by atoms with Crippen LogP contribution in [0.1, 0.15) is 28.4 Å². The van der Waals surface area contributed by atoms with Crippen molar-refractivity contribution in [2.24, 2.45) is 5.92 Å². The minimum atomic E-state index is -0.941. The number of nitrogens with one attached hydrogen (secondary N) is 1. The molecule has 0 aliphatic carbocycles. The lowest BCUT2D eigenvalue weighted by molar-refractivity contribution is -0.138. The van der Waals surface area contributed by atoms with Crippen molar-refractivity contribution in [1.29, 1.82) is 0 Å². The highest BCUT2D eigenvalue weighted by atomic mass is 19.1. The Morgan fingerprint density at radius 3 is 2.84 bits per heavy atom. The number of aliphatic carboxylic acids is 1. The Morgan fingerprint density at radius 2 is 2.24 bits per heavy atom. The van der Waals surface area contributed by atoms with Gasteiger partial charge in [-0.2, -0.15) is 15.4 Å². The van der Waals surface area contributed by atoms with Gasteiger partial charge in [0.05, 0.1) is 25.4 Å². The van der Waals surface area contributed by atoms with Gasteiger partial charge in [0.25, 0.3) is 5.91 Å². The van der Waals surface area contributed by atoms with Crippen molar-refractivity contribution in [2.45, 2.75) is 12.3 Å². The molecule has 1 fully saturated rings. The van der Waals surface area contributed by atoms with Crippen molar-refractivity contribution in [3.63, 3.8) is 0 Å². The van der Waals surface area contributed by atoms with E-state index in [1.54, 1.807) is 0 Å². The number of carboxylic acids is 1. The molecule has 3 rings (SSSR count). The molecule has 1 aliphatic heterocycles. The van der Waals surface area contributed by atoms with E-state index in [1.165, 1.54) is 30.3 Å². The fourth-order valence-electron chi connectivity index (χ4n) is 3.17. The Labute approximate surface area is 142 Å². The van der Waals surface area contributed by atoms with Gasteiger partial charge >= 0.3 is 5.97 Å². The largest absolute Gasteiger partial charge is 0.494 e. The first kappa shape index (κ1) is 16.9. The van der Waals surface area contributed by atoms with Crippen LogP contribution in [0.4, 0.5) is 4.39 Å². The molecule has 1 aromatic heterocycles. The number of H-pyrrole nitrogens is 1. The molecule has 1 amide bonds. The van der Waals surface area contributed by atoms with E-state index in [0.29, 0.717) is 12.2 Å². The third kappa shape index (κ3) is 3.44. The number of carboxylic acid groups (broad SMARTS) is 1. The van der Waals surface area contributed by atoms with Gasteiger partial charge in [0.15, 0.2) is 11.6 Å². The Hall–Kier alpha value is -2.97. The van der Waals surface area contributed by atoms with Gasteiger partial charge in [0.1, 0.15) is 0 Å². The molecule has 0 saturated carbocycles. The quantitative estimate of drug-likeness (QED) is 0.843. The van der Waals surface area contributed by atoms with Crippen molar-refractivity contribution >= 4 is 11.9 Å². The average Bonchev–Trinajstić information content (AvgIpc) is 3.23. The number of likely N-dealkylation sites (tertiary alicyclic amines) is 1. The van der Waals surface area contributed by atoms with E-state index in [0.717, 1.165) is 6.07 Å². The first-order valence-electron chi connectivity index (χ1n) is 7.70. The molecule has 1 aliphatic rings. The van der Waals surface area contributed by atoms with Gasteiger partial charge in [-0.1, -0.05) is 0 Å². The Balaban J connectivity index is 1.81. The number of methoxy groups -OCH3 is 1. The van der Waals surface area contributed by atoms with Crippen LogP contribution in [0.2, 0.25) is 0 Å². The highest BCUT2D eigenvalue weighted by Crippen LogP contribution is 2.34. The summed E-state index contributed by atoms with van der Waals surface area (Å²) in [6, 6.07) is 4.00. The summed E-state index contributed by atoms with van der Waals surface area (Å²) in [5.74, 6) is -2.38. The maximum atomic E-state index is 13.9. The smallest absolute Gasteiger partial charge is 0.303 e. The van der Waals surface area contributed by atoms with E-state index in [4.69, 9.17) is 9.84 Å². The fourth-order valence-corrected chi connectivity index (χ4v) is 3.17. The summed E-state index contributed by atoms with van der Waals surface area (Å²) in [5.41, 5.74) is 0.802. The minimum absolute atomic E-state index is 0.0576. The number of nitrogens with zero attached hydrogens (tertiary/aromatic N) is 3. The van der Waals surface area contributed by atoms with Crippen LogP contribution < -0.4 is 4.74 Å². The van der Waals surface area contributed by atoms with Crippen LogP contribution in [0.25, 0.3) is 0 Å². The second kappa shape index (κ2) is 6.88. The van der Waals surface area contributed by atoms with Crippen LogP contribution in [0.3, 0.4) is 0 Å². The first-order chi connectivity index (χ1) is 12.0. The maximum Gasteiger partial charge on any atom is 0.303 e. The molecule has 25 heavy (non-hydrogen) atoms. The fraction of sp³-hybridized carbons (Fsp3) is 0.375. The number of carbonyl (C=O) groups is 2. The topological polar surface area (TPSA) is 108 Å². The number of amides is 1. The second-order valence-corrected chi connectivity index (χ2v) is 5.92. The molecular formula is C16H17FN4O4. The predicted molar refractivity (Wildman–Crippen MR) is 83.7 cm³/mol. The van der Waals surface area contributed by atoms with Crippen LogP contribution in [-0.2, 0) is 4.79 Å². The Kier molecular flexibility index (Phi) is 4.64. The zero-order valence-electron chi connectivity index (χ0n) is 13.5. The normalized spacial score (nSPS) is 19.8. The van der Waals surface area contributed by atoms with Crippen molar-refractivity contribution < 1.29 is 23.8 Å². The van der Waals surface area contributed by atoms with Crippen LogP contribution >= 0.6 is 0 Å². The molecular weight excluding hydrogens is 331 g/mol. The van der Waals surface area contributed by atoms with E-state index >= 15 is 0 Å². The number of carbonyl (C=O) groups excluding carboxylic acids is 1. The van der Waals surface area contributed by atoms with E-state index in [2.05, 4.69) is 15.4 Å². The molecule has 132 valence electrons. The van der Waals surface area contributed by atoms with Gasteiger partial charge in [-0.3, -0.25) is 9.59 Å². The first-order valence-corrected chi connectivity index (χ1v) is 7.70. The second-order valence-electron chi connectivity index (χ2n) is 5.92. The molecule has 9 heteroatoms. The molecule has 2 heterocycles. The number of aromatic nitrogens is 3. The van der Waals surface area contributed by atoms with Crippen LogP contribution in [0.15, 0.2) is 24.4 Å². The van der Waals surface area contributed by atoms with Crippen LogP contribution in [-0.4, -0.2) is 57.5 Å². The lowest BCUT2D eigenvalue weighted by atomic mass is 9.91. The number of hydrogen-bond acceptors (Lipinski definition) is 5. The van der Waals surface area contributed by atoms with Gasteiger partial charge in [0, 0.05) is 24.6 Å². The van der Waals surface area contributed by atoms with Gasteiger partial charge in [0.2, 0.25) is 0 Å². The van der Waals surface area contributed by atoms with Crippen molar-refractivity contribution in [3.8, 4) is 5.75 Å². The van der Waals surface area contributed by atoms with Crippen molar-refractivity contribution in [3.05, 3.63) is 41.5 Å². The molecule has 0 spiro atoms. The van der Waals surface area contributed by atoms with Gasteiger partial charge in [-0.15, -0.1) is 0 Å². The van der Waals surface area contributed by atoms with E-state index in [-0.39, 0.29) is 42.0 Å². The lowest BCUT2D eigenvalue weighted by Crippen LogP contribution is -2.29. The third-order valence-electron chi connectivity index (χ3n) is 4.38. The van der Waals surface area contributed by atoms with Crippen LogP contribution in [0, 0.1) is 11.7 Å². The van der Waals surface area contributed by atoms with E-state index in [9.17, 15) is 14.0 Å². The highest BCUT2D eigenvalue weighted by molar-refractivity contribution is 5.94. The van der Waals surface area contributed by atoms with E-state index < -0.39 is 11.8 Å². The SMILES string of the molecule is COc1ccc(C(=O)N2C[C@@H](CC(=O)O)[C@@H](c3cn[nH]n3)C2)cc1F. The number of rotatable bonds is 5. The summed E-state index contributed by atoms with van der Waals surface area (Å²) in [4.78, 5) is 25.3. The number of aromatic amines is 1. The average molecular weight is 348 g/mol. The molecule has 0 bridgehead atoms. The minimum Gasteiger partial charge on any atom is -0.494 e. The maximum absolute atomic E-state index is 13.9. The summed E-state index contributed by atoms with van der Waals surface area (Å²) in [6.45, 7) is 0.563. The Morgan fingerprint density at radius 1 is 1.44 bits per heavy atom. The van der Waals surface area contributed by atoms with Crippen molar-refractivity contribution in [2.75, 3.05) is 20.2 Å².